The predicted octanol–water partition coefficient (Wildman–Crippen LogP) is 4.57. The molecule has 20 heavy (non-hydrogen) atoms. The SMILES string of the molecule is Cl.Cl.c1ccc(-c2cncc(C3=NCCCC3)c2)cc1. The Hall–Kier alpha value is -1.38. The van der Waals surface area contributed by atoms with Gasteiger partial charge in [-0.2, -0.15) is 0 Å². The summed E-state index contributed by atoms with van der Waals surface area (Å²) < 4.78 is 0. The third kappa shape index (κ3) is 3.81. The van der Waals surface area contributed by atoms with Crippen molar-refractivity contribution in [2.75, 3.05) is 6.54 Å². The van der Waals surface area contributed by atoms with E-state index in [9.17, 15) is 0 Å². The van der Waals surface area contributed by atoms with Crippen molar-refractivity contribution in [2.24, 2.45) is 4.99 Å². The van der Waals surface area contributed by atoms with Gasteiger partial charge in [-0.05, 0) is 30.9 Å². The molecular formula is C16H18Cl2N2. The summed E-state index contributed by atoms with van der Waals surface area (Å²) in [6.45, 7) is 0.963. The Morgan fingerprint density at radius 1 is 0.800 bits per heavy atom. The van der Waals surface area contributed by atoms with Gasteiger partial charge < -0.3 is 0 Å². The van der Waals surface area contributed by atoms with E-state index in [0.717, 1.165) is 13.0 Å². The first-order valence-corrected chi connectivity index (χ1v) is 6.48. The van der Waals surface area contributed by atoms with Gasteiger partial charge in [0.1, 0.15) is 0 Å². The molecule has 0 amide bonds. The van der Waals surface area contributed by atoms with Crippen molar-refractivity contribution >= 4 is 30.5 Å². The van der Waals surface area contributed by atoms with Gasteiger partial charge in [0.15, 0.2) is 0 Å². The lowest BCUT2D eigenvalue weighted by Gasteiger charge is -2.12. The van der Waals surface area contributed by atoms with Crippen LogP contribution in [0.15, 0.2) is 53.8 Å². The third-order valence-electron chi connectivity index (χ3n) is 3.30. The first-order valence-electron chi connectivity index (χ1n) is 6.48. The van der Waals surface area contributed by atoms with Crippen LogP contribution in [0.2, 0.25) is 0 Å². The summed E-state index contributed by atoms with van der Waals surface area (Å²) in [6, 6.07) is 12.6. The average molecular weight is 309 g/mol. The molecule has 3 rings (SSSR count). The minimum absolute atomic E-state index is 0. The number of aliphatic imine (C=N–C) groups is 1. The Balaban J connectivity index is 0.000001000. The lowest BCUT2D eigenvalue weighted by atomic mass is 10.00. The molecule has 106 valence electrons. The molecule has 2 heterocycles. The minimum Gasteiger partial charge on any atom is -0.289 e. The number of halogens is 2. The molecule has 0 saturated heterocycles. The molecule has 2 aromatic rings. The third-order valence-corrected chi connectivity index (χ3v) is 3.30. The standard InChI is InChI=1S/C16H16N2.2ClH/c1-2-6-13(7-3-1)14-10-15(12-17-11-14)16-8-4-5-9-18-16;;/h1-3,6-7,10-12H,4-5,8-9H2;2*1H. The average Bonchev–Trinajstić information content (AvgIpc) is 2.49. The van der Waals surface area contributed by atoms with Crippen molar-refractivity contribution in [3.8, 4) is 11.1 Å². The van der Waals surface area contributed by atoms with Crippen LogP contribution in [0.5, 0.6) is 0 Å². The van der Waals surface area contributed by atoms with Gasteiger partial charge in [-0.1, -0.05) is 30.3 Å². The maximum absolute atomic E-state index is 4.61. The first-order chi connectivity index (χ1) is 8.93. The van der Waals surface area contributed by atoms with Crippen LogP contribution in [0, 0.1) is 0 Å². The lowest BCUT2D eigenvalue weighted by Crippen LogP contribution is -2.08. The van der Waals surface area contributed by atoms with Crippen molar-refractivity contribution < 1.29 is 0 Å². The molecule has 1 aromatic heterocycles. The molecule has 0 radical (unpaired) electrons. The van der Waals surface area contributed by atoms with Gasteiger partial charge in [-0.3, -0.25) is 9.98 Å². The molecule has 0 bridgehead atoms. The number of hydrogen-bond acceptors (Lipinski definition) is 2. The summed E-state index contributed by atoms with van der Waals surface area (Å²) in [4.78, 5) is 8.97. The van der Waals surface area contributed by atoms with Crippen LogP contribution in [0.4, 0.5) is 0 Å². The molecule has 0 fully saturated rings. The highest BCUT2D eigenvalue weighted by Crippen LogP contribution is 2.21. The molecule has 4 heteroatoms. The van der Waals surface area contributed by atoms with Crippen LogP contribution >= 0.6 is 24.8 Å². The fraction of sp³-hybridized carbons (Fsp3) is 0.250. The zero-order valence-corrected chi connectivity index (χ0v) is 12.8. The zero-order valence-electron chi connectivity index (χ0n) is 11.2. The Morgan fingerprint density at radius 2 is 1.55 bits per heavy atom. The van der Waals surface area contributed by atoms with E-state index in [1.54, 1.807) is 0 Å². The van der Waals surface area contributed by atoms with E-state index < -0.39 is 0 Å². The predicted molar refractivity (Wildman–Crippen MR) is 89.4 cm³/mol. The van der Waals surface area contributed by atoms with Crippen LogP contribution in [0.1, 0.15) is 24.8 Å². The molecule has 1 aliphatic rings. The molecule has 0 atom stereocenters. The maximum Gasteiger partial charge on any atom is 0.0436 e. The lowest BCUT2D eigenvalue weighted by molar-refractivity contribution is 0.738. The van der Waals surface area contributed by atoms with Gasteiger partial charge in [0.2, 0.25) is 0 Å². The number of benzene rings is 1. The highest BCUT2D eigenvalue weighted by atomic mass is 35.5. The van der Waals surface area contributed by atoms with E-state index in [1.165, 1.54) is 35.2 Å². The summed E-state index contributed by atoms with van der Waals surface area (Å²) in [5, 5.41) is 0. The van der Waals surface area contributed by atoms with E-state index in [0.29, 0.717) is 0 Å². The van der Waals surface area contributed by atoms with Crippen molar-refractivity contribution in [3.05, 3.63) is 54.4 Å². The number of nitrogens with zero attached hydrogens (tertiary/aromatic N) is 2. The van der Waals surface area contributed by atoms with E-state index in [2.05, 4.69) is 40.3 Å². The van der Waals surface area contributed by atoms with Crippen molar-refractivity contribution in [2.45, 2.75) is 19.3 Å². The molecule has 0 spiro atoms. The van der Waals surface area contributed by atoms with Crippen LogP contribution in [0.3, 0.4) is 0 Å². The summed E-state index contributed by atoms with van der Waals surface area (Å²) in [5.41, 5.74) is 4.77. The normalized spacial score (nSPS) is 13.7. The van der Waals surface area contributed by atoms with Gasteiger partial charge in [-0.25, -0.2) is 0 Å². The van der Waals surface area contributed by atoms with Gasteiger partial charge in [0.05, 0.1) is 0 Å². The van der Waals surface area contributed by atoms with Crippen LogP contribution < -0.4 is 0 Å². The second-order valence-electron chi connectivity index (χ2n) is 4.61. The summed E-state index contributed by atoms with van der Waals surface area (Å²) in [5.74, 6) is 0. The van der Waals surface area contributed by atoms with E-state index in [4.69, 9.17) is 0 Å². The Kier molecular flexibility index (Phi) is 6.69. The van der Waals surface area contributed by atoms with Crippen molar-refractivity contribution in [3.63, 3.8) is 0 Å². The smallest absolute Gasteiger partial charge is 0.0436 e. The van der Waals surface area contributed by atoms with Crippen LogP contribution in [-0.4, -0.2) is 17.2 Å². The highest BCUT2D eigenvalue weighted by molar-refractivity contribution is 6.01. The second-order valence-corrected chi connectivity index (χ2v) is 4.61. The number of aromatic nitrogens is 1. The molecule has 0 N–H and O–H groups in total. The molecule has 2 nitrogen and oxygen atoms in total. The Bertz CT molecular complexity index is 568. The molecule has 0 saturated carbocycles. The van der Waals surface area contributed by atoms with Gasteiger partial charge in [0.25, 0.3) is 0 Å². The van der Waals surface area contributed by atoms with Gasteiger partial charge in [0, 0.05) is 35.8 Å². The Morgan fingerprint density at radius 3 is 2.25 bits per heavy atom. The maximum atomic E-state index is 4.61. The molecule has 0 aliphatic carbocycles. The molecular weight excluding hydrogens is 291 g/mol. The van der Waals surface area contributed by atoms with E-state index in [1.807, 2.05) is 18.5 Å². The number of rotatable bonds is 2. The van der Waals surface area contributed by atoms with E-state index in [-0.39, 0.29) is 24.8 Å². The van der Waals surface area contributed by atoms with Crippen LogP contribution in [0.25, 0.3) is 11.1 Å². The quantitative estimate of drug-likeness (QED) is 0.798. The fourth-order valence-corrected chi connectivity index (χ4v) is 2.32. The Labute approximate surface area is 132 Å². The second kappa shape index (κ2) is 8.03. The highest BCUT2D eigenvalue weighted by Gasteiger charge is 2.09. The molecule has 1 aliphatic heterocycles. The largest absolute Gasteiger partial charge is 0.289 e. The van der Waals surface area contributed by atoms with Crippen molar-refractivity contribution in [1.82, 2.24) is 4.98 Å². The molecule has 0 unspecified atom stereocenters. The minimum atomic E-state index is 0. The fourth-order valence-electron chi connectivity index (χ4n) is 2.32. The van der Waals surface area contributed by atoms with Gasteiger partial charge >= 0.3 is 0 Å². The van der Waals surface area contributed by atoms with Gasteiger partial charge in [-0.15, -0.1) is 24.8 Å². The van der Waals surface area contributed by atoms with Crippen LogP contribution in [-0.2, 0) is 0 Å². The van der Waals surface area contributed by atoms with Crippen molar-refractivity contribution in [1.29, 1.82) is 0 Å². The first kappa shape index (κ1) is 16.7. The molecule has 1 aromatic carbocycles. The zero-order chi connectivity index (χ0) is 12.2. The topological polar surface area (TPSA) is 25.2 Å². The summed E-state index contributed by atoms with van der Waals surface area (Å²) >= 11 is 0. The number of pyridine rings is 1. The number of hydrogen-bond donors (Lipinski definition) is 0. The van der Waals surface area contributed by atoms with E-state index >= 15 is 0 Å². The summed E-state index contributed by atoms with van der Waals surface area (Å²) in [7, 11) is 0. The summed E-state index contributed by atoms with van der Waals surface area (Å²) in [6.07, 6.45) is 7.39. The monoisotopic (exact) mass is 308 g/mol.